The Labute approximate surface area is 79.0 Å². The van der Waals surface area contributed by atoms with E-state index >= 15 is 0 Å². The van der Waals surface area contributed by atoms with Crippen LogP contribution in [0.4, 0.5) is 0 Å². The average Bonchev–Trinajstić information content (AvgIpc) is 2.15. The molecule has 0 bridgehead atoms. The lowest BCUT2D eigenvalue weighted by atomic mass is 10.0. The molecule has 0 saturated carbocycles. The summed E-state index contributed by atoms with van der Waals surface area (Å²) in [7, 11) is 0. The van der Waals surface area contributed by atoms with Crippen LogP contribution in [-0.4, -0.2) is 25.5 Å². The number of nitrogens with two attached hydrogens (primary N) is 1. The number of aliphatic imine (C=N–C) groups is 1. The van der Waals surface area contributed by atoms with E-state index in [9.17, 15) is 0 Å². The van der Waals surface area contributed by atoms with Gasteiger partial charge in [-0.2, -0.15) is 0 Å². The molecule has 1 fully saturated rings. The highest BCUT2D eigenvalue weighted by atomic mass is 16.5. The van der Waals surface area contributed by atoms with Crippen LogP contribution in [0.1, 0.15) is 13.3 Å². The molecule has 0 spiro atoms. The van der Waals surface area contributed by atoms with Crippen LogP contribution < -0.4 is 5.73 Å². The van der Waals surface area contributed by atoms with Crippen LogP contribution >= 0.6 is 0 Å². The highest BCUT2D eigenvalue weighted by Gasteiger charge is 2.16. The Morgan fingerprint density at radius 1 is 1.62 bits per heavy atom. The zero-order valence-corrected chi connectivity index (χ0v) is 8.05. The Morgan fingerprint density at radius 2 is 2.38 bits per heavy atom. The molecule has 0 aromatic heterocycles. The Hall–Kier alpha value is -1.09. The third kappa shape index (κ3) is 2.42. The van der Waals surface area contributed by atoms with Gasteiger partial charge in [-0.1, -0.05) is 13.5 Å². The molecule has 1 aliphatic rings. The van der Waals surface area contributed by atoms with Crippen molar-refractivity contribution in [1.82, 2.24) is 0 Å². The third-order valence-corrected chi connectivity index (χ3v) is 1.90. The molecule has 1 rings (SSSR count). The number of ether oxygens (including phenoxy) is 1. The van der Waals surface area contributed by atoms with Gasteiger partial charge in [0.25, 0.3) is 0 Å². The molecule has 0 unspecified atom stereocenters. The molecular weight excluding hydrogens is 164 g/mol. The summed E-state index contributed by atoms with van der Waals surface area (Å²) in [5, 5.41) is 0. The van der Waals surface area contributed by atoms with E-state index in [0.29, 0.717) is 13.2 Å². The molecule has 0 radical (unpaired) electrons. The fourth-order valence-electron chi connectivity index (χ4n) is 1.22. The van der Waals surface area contributed by atoms with Crippen LogP contribution in [0.5, 0.6) is 0 Å². The minimum absolute atomic E-state index is 0.558. The van der Waals surface area contributed by atoms with Crippen LogP contribution in [0.2, 0.25) is 0 Å². The summed E-state index contributed by atoms with van der Waals surface area (Å²) in [5.74, 6) is 0. The monoisotopic (exact) mass is 180 g/mol. The van der Waals surface area contributed by atoms with E-state index in [1.54, 1.807) is 6.20 Å². The minimum atomic E-state index is 0.558. The van der Waals surface area contributed by atoms with Crippen molar-refractivity contribution in [3.05, 3.63) is 23.9 Å². The largest absolute Gasteiger partial charge is 0.404 e. The number of rotatable bonds is 2. The van der Waals surface area contributed by atoms with E-state index in [0.717, 1.165) is 29.8 Å². The predicted octanol–water partition coefficient (Wildman–Crippen LogP) is 1.27. The van der Waals surface area contributed by atoms with Crippen molar-refractivity contribution in [2.45, 2.75) is 13.3 Å². The molecule has 3 nitrogen and oxygen atoms in total. The molecule has 0 amide bonds. The van der Waals surface area contributed by atoms with Crippen molar-refractivity contribution in [3.63, 3.8) is 0 Å². The van der Waals surface area contributed by atoms with E-state index in [1.807, 2.05) is 0 Å². The summed E-state index contributed by atoms with van der Waals surface area (Å²) in [6.45, 7) is 7.91. The van der Waals surface area contributed by atoms with Crippen LogP contribution in [0.25, 0.3) is 0 Å². The molecule has 0 aromatic rings. The Morgan fingerprint density at radius 3 is 3.00 bits per heavy atom. The standard InChI is InChI=1S/C10H16N2O/c1-3-4-12-10-7-13-6-8(2)9(10)5-11/h5H,2-4,6-7,11H2,1H3/b9-5-,12-10?. The molecule has 1 heterocycles. The fourth-order valence-corrected chi connectivity index (χ4v) is 1.22. The summed E-state index contributed by atoms with van der Waals surface area (Å²) in [5.41, 5.74) is 8.31. The van der Waals surface area contributed by atoms with Crippen molar-refractivity contribution in [3.8, 4) is 0 Å². The normalized spacial score (nSPS) is 24.2. The van der Waals surface area contributed by atoms with Crippen molar-refractivity contribution in [1.29, 1.82) is 0 Å². The highest BCUT2D eigenvalue weighted by Crippen LogP contribution is 2.15. The lowest BCUT2D eigenvalue weighted by molar-refractivity contribution is 0.192. The summed E-state index contributed by atoms with van der Waals surface area (Å²) < 4.78 is 5.30. The van der Waals surface area contributed by atoms with Crippen LogP contribution in [0.3, 0.4) is 0 Å². The zero-order chi connectivity index (χ0) is 9.68. The van der Waals surface area contributed by atoms with Gasteiger partial charge in [-0.3, -0.25) is 4.99 Å². The molecular formula is C10H16N2O. The molecule has 1 aliphatic heterocycles. The predicted molar refractivity (Wildman–Crippen MR) is 54.8 cm³/mol. The van der Waals surface area contributed by atoms with Gasteiger partial charge in [0.05, 0.1) is 18.9 Å². The maximum absolute atomic E-state index is 5.50. The van der Waals surface area contributed by atoms with Gasteiger partial charge in [-0.15, -0.1) is 0 Å². The van der Waals surface area contributed by atoms with Gasteiger partial charge < -0.3 is 10.5 Å². The second kappa shape index (κ2) is 4.82. The van der Waals surface area contributed by atoms with E-state index in [-0.39, 0.29) is 0 Å². The van der Waals surface area contributed by atoms with E-state index in [4.69, 9.17) is 10.5 Å². The van der Waals surface area contributed by atoms with Crippen molar-refractivity contribution < 1.29 is 4.74 Å². The summed E-state index contributed by atoms with van der Waals surface area (Å²) >= 11 is 0. The number of hydrogen-bond donors (Lipinski definition) is 1. The lowest BCUT2D eigenvalue weighted by Gasteiger charge is -2.19. The number of hydrogen-bond acceptors (Lipinski definition) is 3. The maximum Gasteiger partial charge on any atom is 0.0894 e. The Balaban J connectivity index is 2.77. The Bertz CT molecular complexity index is 254. The fraction of sp³-hybridized carbons (Fsp3) is 0.500. The molecule has 0 atom stereocenters. The molecule has 1 saturated heterocycles. The van der Waals surface area contributed by atoms with Gasteiger partial charge in [0.15, 0.2) is 0 Å². The van der Waals surface area contributed by atoms with Crippen molar-refractivity contribution >= 4 is 5.71 Å². The van der Waals surface area contributed by atoms with Crippen LogP contribution in [-0.2, 0) is 4.74 Å². The van der Waals surface area contributed by atoms with Gasteiger partial charge in [0.1, 0.15) is 0 Å². The zero-order valence-electron chi connectivity index (χ0n) is 8.05. The number of nitrogens with zero attached hydrogens (tertiary/aromatic N) is 1. The quantitative estimate of drug-likeness (QED) is 0.695. The lowest BCUT2D eigenvalue weighted by Crippen LogP contribution is -2.23. The minimum Gasteiger partial charge on any atom is -0.404 e. The molecule has 2 N–H and O–H groups in total. The first-order chi connectivity index (χ1) is 6.29. The van der Waals surface area contributed by atoms with Gasteiger partial charge >= 0.3 is 0 Å². The first kappa shape index (κ1) is 9.99. The second-order valence-electron chi connectivity index (χ2n) is 3.01. The topological polar surface area (TPSA) is 47.6 Å². The summed E-state index contributed by atoms with van der Waals surface area (Å²) in [6.07, 6.45) is 2.60. The maximum atomic E-state index is 5.50. The molecule has 13 heavy (non-hydrogen) atoms. The van der Waals surface area contributed by atoms with Crippen molar-refractivity contribution in [2.75, 3.05) is 19.8 Å². The summed E-state index contributed by atoms with van der Waals surface area (Å²) in [4.78, 5) is 4.39. The smallest absolute Gasteiger partial charge is 0.0894 e. The molecule has 0 aliphatic carbocycles. The van der Waals surface area contributed by atoms with E-state index in [1.165, 1.54) is 0 Å². The van der Waals surface area contributed by atoms with Gasteiger partial charge in [0, 0.05) is 18.3 Å². The van der Waals surface area contributed by atoms with E-state index < -0.39 is 0 Å². The van der Waals surface area contributed by atoms with Crippen LogP contribution in [0.15, 0.2) is 28.9 Å². The summed E-state index contributed by atoms with van der Waals surface area (Å²) in [6, 6.07) is 0. The Kier molecular flexibility index (Phi) is 3.71. The van der Waals surface area contributed by atoms with E-state index in [2.05, 4.69) is 18.5 Å². The van der Waals surface area contributed by atoms with Gasteiger partial charge in [-0.05, 0) is 12.0 Å². The first-order valence-corrected chi connectivity index (χ1v) is 4.51. The van der Waals surface area contributed by atoms with Crippen molar-refractivity contribution in [2.24, 2.45) is 10.7 Å². The molecule has 72 valence electrons. The second-order valence-corrected chi connectivity index (χ2v) is 3.01. The average molecular weight is 180 g/mol. The van der Waals surface area contributed by atoms with Gasteiger partial charge in [-0.25, -0.2) is 0 Å². The van der Waals surface area contributed by atoms with Gasteiger partial charge in [0.2, 0.25) is 0 Å². The molecule has 0 aromatic carbocycles. The first-order valence-electron chi connectivity index (χ1n) is 4.51. The van der Waals surface area contributed by atoms with Crippen LogP contribution in [0, 0.1) is 0 Å². The highest BCUT2D eigenvalue weighted by molar-refractivity contribution is 6.05. The SMILES string of the molecule is C=C1COCC(=NCCC)/C1=C\N. The molecule has 3 heteroatoms. The third-order valence-electron chi connectivity index (χ3n) is 1.90.